The normalized spacial score (nSPS) is 11.8. The highest BCUT2D eigenvalue weighted by Gasteiger charge is 2.30. The molecule has 0 fully saturated rings. The van der Waals surface area contributed by atoms with Crippen molar-refractivity contribution in [1.29, 1.82) is 0 Å². The first-order chi connectivity index (χ1) is 9.59. The monoisotopic (exact) mass is 330 g/mol. The van der Waals surface area contributed by atoms with E-state index in [2.05, 4.69) is 5.10 Å². The van der Waals surface area contributed by atoms with Gasteiger partial charge in [0.05, 0.1) is 6.20 Å². The van der Waals surface area contributed by atoms with Gasteiger partial charge < -0.3 is 0 Å². The van der Waals surface area contributed by atoms with Crippen LogP contribution in [0.3, 0.4) is 0 Å². The Morgan fingerprint density at radius 3 is 2.30 bits per heavy atom. The van der Waals surface area contributed by atoms with Gasteiger partial charge in [0.15, 0.2) is 0 Å². The van der Waals surface area contributed by atoms with E-state index in [1.54, 1.807) is 4.68 Å². The van der Waals surface area contributed by atoms with Gasteiger partial charge >= 0.3 is 0 Å². The Morgan fingerprint density at radius 1 is 1.15 bits per heavy atom. The van der Waals surface area contributed by atoms with E-state index in [4.69, 9.17) is 34.8 Å². The first kappa shape index (κ1) is 15.7. The number of hydrogen-bond acceptors (Lipinski definition) is 1. The highest BCUT2D eigenvalue weighted by atomic mass is 35.5. The van der Waals surface area contributed by atoms with Crippen LogP contribution >= 0.6 is 34.8 Å². The minimum absolute atomic E-state index is 0.233. The van der Waals surface area contributed by atoms with Crippen molar-refractivity contribution >= 4 is 34.8 Å². The smallest absolute Gasteiger partial charge is 0.0521 e. The summed E-state index contributed by atoms with van der Waals surface area (Å²) in [5.41, 5.74) is 2.10. The number of alkyl halides is 2. The zero-order chi connectivity index (χ0) is 14.6. The Labute approximate surface area is 134 Å². The second-order valence-electron chi connectivity index (χ2n) is 5.08. The number of aryl methyl sites for hydroxylation is 2. The molecule has 2 aromatic rings. The van der Waals surface area contributed by atoms with Gasteiger partial charge in [-0.15, -0.1) is 23.2 Å². The van der Waals surface area contributed by atoms with Crippen LogP contribution in [0.15, 0.2) is 36.7 Å². The molecule has 0 aliphatic carbocycles. The van der Waals surface area contributed by atoms with Crippen LogP contribution in [0, 0.1) is 0 Å². The van der Waals surface area contributed by atoms with Gasteiger partial charge in [0.1, 0.15) is 0 Å². The summed E-state index contributed by atoms with van der Waals surface area (Å²) in [4.78, 5) is 0. The Balaban J connectivity index is 2.18. The zero-order valence-electron chi connectivity index (χ0n) is 11.3. The molecule has 0 saturated carbocycles. The second-order valence-corrected chi connectivity index (χ2v) is 6.05. The molecule has 0 aliphatic heterocycles. The summed E-state index contributed by atoms with van der Waals surface area (Å²) in [6.07, 6.45) is 5.69. The van der Waals surface area contributed by atoms with Crippen LogP contribution in [-0.2, 0) is 18.9 Å². The van der Waals surface area contributed by atoms with Crippen molar-refractivity contribution in [2.45, 2.75) is 18.3 Å². The molecule has 0 saturated heterocycles. The van der Waals surface area contributed by atoms with Crippen molar-refractivity contribution in [3.63, 3.8) is 0 Å². The molecule has 1 aromatic carbocycles. The van der Waals surface area contributed by atoms with Crippen molar-refractivity contribution in [1.82, 2.24) is 9.78 Å². The summed E-state index contributed by atoms with van der Waals surface area (Å²) in [6, 6.07) is 7.79. The molecule has 0 bridgehead atoms. The van der Waals surface area contributed by atoms with Crippen molar-refractivity contribution in [2.24, 2.45) is 7.05 Å². The van der Waals surface area contributed by atoms with Crippen molar-refractivity contribution in [3.8, 4) is 0 Å². The van der Waals surface area contributed by atoms with E-state index in [0.717, 1.165) is 23.4 Å². The van der Waals surface area contributed by atoms with Crippen molar-refractivity contribution < 1.29 is 0 Å². The van der Waals surface area contributed by atoms with Gasteiger partial charge in [0.25, 0.3) is 0 Å². The van der Waals surface area contributed by atoms with Crippen LogP contribution < -0.4 is 0 Å². The molecule has 0 aliphatic rings. The van der Waals surface area contributed by atoms with Crippen LogP contribution in [-0.4, -0.2) is 21.5 Å². The molecular weight excluding hydrogens is 315 g/mol. The van der Waals surface area contributed by atoms with Gasteiger partial charge in [-0.05, 0) is 36.1 Å². The lowest BCUT2D eigenvalue weighted by molar-refractivity contribution is 0.492. The minimum atomic E-state index is -0.233. The molecule has 1 aromatic heterocycles. The standard InChI is InChI=1S/C15H17Cl3N2/c1-20-9-12(8-19-20)6-7-15(10-16,11-17)13-2-4-14(18)5-3-13/h2-5,8-9H,6-7,10-11H2,1H3. The number of halogens is 3. The number of rotatable bonds is 6. The molecule has 0 amide bonds. The number of hydrogen-bond donors (Lipinski definition) is 0. The van der Waals surface area contributed by atoms with E-state index >= 15 is 0 Å². The first-order valence-electron chi connectivity index (χ1n) is 6.45. The predicted octanol–water partition coefficient (Wildman–Crippen LogP) is 4.42. The molecule has 5 heteroatoms. The lowest BCUT2D eigenvalue weighted by atomic mass is 9.79. The Kier molecular flexibility index (Phi) is 5.36. The largest absolute Gasteiger partial charge is 0.276 e. The maximum atomic E-state index is 6.23. The molecular formula is C15H17Cl3N2. The topological polar surface area (TPSA) is 17.8 Å². The van der Waals surface area contributed by atoms with Gasteiger partial charge in [-0.2, -0.15) is 5.10 Å². The Hall–Kier alpha value is -0.700. The van der Waals surface area contributed by atoms with Crippen LogP contribution in [0.25, 0.3) is 0 Å². The zero-order valence-corrected chi connectivity index (χ0v) is 13.6. The summed E-state index contributed by atoms with van der Waals surface area (Å²) in [5, 5.41) is 4.91. The Bertz CT molecular complexity index is 545. The lowest BCUT2D eigenvalue weighted by Gasteiger charge is -2.30. The molecule has 0 spiro atoms. The van der Waals surface area contributed by atoms with E-state index in [1.807, 2.05) is 43.7 Å². The molecule has 2 rings (SSSR count). The molecule has 20 heavy (non-hydrogen) atoms. The highest BCUT2D eigenvalue weighted by Crippen LogP contribution is 2.33. The fraction of sp³-hybridized carbons (Fsp3) is 0.400. The van der Waals surface area contributed by atoms with Crippen molar-refractivity contribution in [3.05, 3.63) is 52.8 Å². The third-order valence-electron chi connectivity index (χ3n) is 3.62. The fourth-order valence-electron chi connectivity index (χ4n) is 2.26. The third-order valence-corrected chi connectivity index (χ3v) is 4.89. The lowest BCUT2D eigenvalue weighted by Crippen LogP contribution is -2.31. The van der Waals surface area contributed by atoms with E-state index in [1.165, 1.54) is 5.56 Å². The van der Waals surface area contributed by atoms with Crippen LogP contribution in [0.5, 0.6) is 0 Å². The SMILES string of the molecule is Cn1cc(CCC(CCl)(CCl)c2ccc(Cl)cc2)cn1. The van der Waals surface area contributed by atoms with Crippen LogP contribution in [0.1, 0.15) is 17.5 Å². The second kappa shape index (κ2) is 6.84. The van der Waals surface area contributed by atoms with E-state index in [-0.39, 0.29) is 5.41 Å². The first-order valence-corrected chi connectivity index (χ1v) is 7.90. The number of aromatic nitrogens is 2. The molecule has 1 heterocycles. The summed E-state index contributed by atoms with van der Waals surface area (Å²) >= 11 is 18.4. The van der Waals surface area contributed by atoms with Gasteiger partial charge in [-0.3, -0.25) is 4.68 Å². The van der Waals surface area contributed by atoms with Gasteiger partial charge in [0, 0.05) is 35.4 Å². The summed E-state index contributed by atoms with van der Waals surface area (Å²) in [6.45, 7) is 0. The highest BCUT2D eigenvalue weighted by molar-refractivity contribution is 6.30. The molecule has 2 nitrogen and oxygen atoms in total. The maximum Gasteiger partial charge on any atom is 0.0521 e. The molecule has 0 atom stereocenters. The van der Waals surface area contributed by atoms with E-state index in [9.17, 15) is 0 Å². The quantitative estimate of drug-likeness (QED) is 0.716. The van der Waals surface area contributed by atoms with Gasteiger partial charge in [-0.25, -0.2) is 0 Å². The van der Waals surface area contributed by atoms with Crippen LogP contribution in [0.2, 0.25) is 5.02 Å². The third kappa shape index (κ3) is 3.49. The molecule has 0 radical (unpaired) electrons. The predicted molar refractivity (Wildman–Crippen MR) is 86.1 cm³/mol. The minimum Gasteiger partial charge on any atom is -0.276 e. The fourth-order valence-corrected chi connectivity index (χ4v) is 3.24. The maximum absolute atomic E-state index is 6.23. The average molecular weight is 332 g/mol. The van der Waals surface area contributed by atoms with E-state index in [0.29, 0.717) is 11.8 Å². The molecule has 0 unspecified atom stereocenters. The van der Waals surface area contributed by atoms with Gasteiger partial charge in [-0.1, -0.05) is 23.7 Å². The van der Waals surface area contributed by atoms with Gasteiger partial charge in [0.2, 0.25) is 0 Å². The van der Waals surface area contributed by atoms with Crippen molar-refractivity contribution in [2.75, 3.05) is 11.8 Å². The summed E-state index contributed by atoms with van der Waals surface area (Å²) < 4.78 is 1.81. The molecule has 108 valence electrons. The van der Waals surface area contributed by atoms with Crippen LogP contribution in [0.4, 0.5) is 0 Å². The number of nitrogens with zero attached hydrogens (tertiary/aromatic N) is 2. The van der Waals surface area contributed by atoms with E-state index < -0.39 is 0 Å². The summed E-state index contributed by atoms with van der Waals surface area (Å²) in [7, 11) is 1.92. The number of benzene rings is 1. The molecule has 0 N–H and O–H groups in total. The average Bonchev–Trinajstić information content (AvgIpc) is 2.88. The Morgan fingerprint density at radius 2 is 1.80 bits per heavy atom. The summed E-state index contributed by atoms with van der Waals surface area (Å²) in [5.74, 6) is 0.969.